The monoisotopic (exact) mass is 327 g/mol. The van der Waals surface area contributed by atoms with Gasteiger partial charge >= 0.3 is 0 Å². The standard InChI is InChI=1S/C19H25N3O2/c1-3-17(18(23)19-20-9-12-24-19)15-7-10-22(11-8-15)13-16-6-4-5-14(2)21-16/h4-6,9,12,15,17H,3,7-8,10-11,13H2,1-2H3. The first-order chi connectivity index (χ1) is 11.7. The zero-order chi connectivity index (χ0) is 16.9. The molecule has 5 nitrogen and oxygen atoms in total. The minimum Gasteiger partial charge on any atom is -0.442 e. The van der Waals surface area contributed by atoms with E-state index < -0.39 is 0 Å². The van der Waals surface area contributed by atoms with Crippen molar-refractivity contribution in [1.82, 2.24) is 14.9 Å². The number of nitrogens with zero attached hydrogens (tertiary/aromatic N) is 3. The zero-order valence-electron chi connectivity index (χ0n) is 14.4. The summed E-state index contributed by atoms with van der Waals surface area (Å²) in [5, 5.41) is 0. The van der Waals surface area contributed by atoms with Gasteiger partial charge in [-0.05, 0) is 57.3 Å². The van der Waals surface area contributed by atoms with Gasteiger partial charge in [-0.1, -0.05) is 13.0 Å². The number of hydrogen-bond acceptors (Lipinski definition) is 5. The largest absolute Gasteiger partial charge is 0.442 e. The summed E-state index contributed by atoms with van der Waals surface area (Å²) in [4.78, 5) is 23.6. The van der Waals surface area contributed by atoms with Crippen LogP contribution in [0.5, 0.6) is 0 Å². The first kappa shape index (κ1) is 16.8. The highest BCUT2D eigenvalue weighted by atomic mass is 16.3. The fraction of sp³-hybridized carbons (Fsp3) is 0.526. The fourth-order valence-electron chi connectivity index (χ4n) is 3.67. The third-order valence-electron chi connectivity index (χ3n) is 4.95. The third kappa shape index (κ3) is 3.90. The maximum absolute atomic E-state index is 12.6. The van der Waals surface area contributed by atoms with E-state index in [1.165, 1.54) is 12.5 Å². The predicted molar refractivity (Wildman–Crippen MR) is 91.6 cm³/mol. The number of oxazole rings is 1. The molecule has 0 aromatic carbocycles. The summed E-state index contributed by atoms with van der Waals surface area (Å²) < 4.78 is 5.20. The smallest absolute Gasteiger partial charge is 0.263 e. The molecule has 1 unspecified atom stereocenters. The minimum atomic E-state index is 0.0166. The number of Topliss-reactive ketones (excluding diaryl/α,β-unsaturated/α-hetero) is 1. The summed E-state index contributed by atoms with van der Waals surface area (Å²) >= 11 is 0. The summed E-state index contributed by atoms with van der Waals surface area (Å²) in [5.41, 5.74) is 2.18. The summed E-state index contributed by atoms with van der Waals surface area (Å²) in [6, 6.07) is 6.17. The van der Waals surface area contributed by atoms with Gasteiger partial charge in [-0.25, -0.2) is 4.98 Å². The van der Waals surface area contributed by atoms with Crippen molar-refractivity contribution in [3.8, 4) is 0 Å². The van der Waals surface area contributed by atoms with Gasteiger partial charge in [-0.2, -0.15) is 0 Å². The molecule has 0 spiro atoms. The second-order valence-corrected chi connectivity index (χ2v) is 6.60. The Morgan fingerprint density at radius 1 is 1.38 bits per heavy atom. The van der Waals surface area contributed by atoms with E-state index in [1.807, 2.05) is 13.0 Å². The van der Waals surface area contributed by atoms with Crippen LogP contribution in [0.1, 0.15) is 48.3 Å². The molecule has 3 heterocycles. The summed E-state index contributed by atoms with van der Waals surface area (Å²) in [5.74, 6) is 0.744. The van der Waals surface area contributed by atoms with Crippen molar-refractivity contribution in [1.29, 1.82) is 0 Å². The topological polar surface area (TPSA) is 59.2 Å². The Labute approximate surface area is 143 Å². The van der Waals surface area contributed by atoms with Gasteiger partial charge in [-0.3, -0.25) is 14.7 Å². The van der Waals surface area contributed by atoms with E-state index in [-0.39, 0.29) is 17.6 Å². The highest BCUT2D eigenvalue weighted by Crippen LogP contribution is 2.30. The maximum Gasteiger partial charge on any atom is 0.263 e. The summed E-state index contributed by atoms with van der Waals surface area (Å²) in [7, 11) is 0. The van der Waals surface area contributed by atoms with Crippen molar-refractivity contribution in [2.45, 2.75) is 39.7 Å². The molecule has 1 atom stereocenters. The normalized spacial score (nSPS) is 17.8. The number of aryl methyl sites for hydroxylation is 1. The van der Waals surface area contributed by atoms with Crippen molar-refractivity contribution in [2.24, 2.45) is 11.8 Å². The Kier molecular flexibility index (Phi) is 5.41. The second-order valence-electron chi connectivity index (χ2n) is 6.60. The lowest BCUT2D eigenvalue weighted by Gasteiger charge is -2.34. The van der Waals surface area contributed by atoms with Crippen LogP contribution in [0.4, 0.5) is 0 Å². The molecule has 128 valence electrons. The highest BCUT2D eigenvalue weighted by molar-refractivity contribution is 5.93. The van der Waals surface area contributed by atoms with Gasteiger partial charge in [0, 0.05) is 18.2 Å². The average molecular weight is 327 g/mol. The number of carbonyl (C=O) groups is 1. The van der Waals surface area contributed by atoms with Crippen molar-refractivity contribution in [3.63, 3.8) is 0 Å². The van der Waals surface area contributed by atoms with E-state index >= 15 is 0 Å². The van der Waals surface area contributed by atoms with E-state index in [1.54, 1.807) is 0 Å². The molecular weight excluding hydrogens is 302 g/mol. The molecule has 0 amide bonds. The van der Waals surface area contributed by atoms with Gasteiger partial charge in [-0.15, -0.1) is 0 Å². The minimum absolute atomic E-state index is 0.0166. The molecule has 5 heteroatoms. The maximum atomic E-state index is 12.6. The number of aromatic nitrogens is 2. The van der Waals surface area contributed by atoms with Crippen LogP contribution in [-0.4, -0.2) is 33.7 Å². The molecule has 0 N–H and O–H groups in total. The molecule has 3 rings (SSSR count). The van der Waals surface area contributed by atoms with Crippen LogP contribution in [0.2, 0.25) is 0 Å². The van der Waals surface area contributed by atoms with Crippen LogP contribution < -0.4 is 0 Å². The number of likely N-dealkylation sites (tertiary alicyclic amines) is 1. The number of ketones is 1. The van der Waals surface area contributed by atoms with Crippen LogP contribution in [0.25, 0.3) is 0 Å². The lowest BCUT2D eigenvalue weighted by Crippen LogP contribution is -2.37. The summed E-state index contributed by atoms with van der Waals surface area (Å²) in [6.45, 7) is 7.01. The molecule has 1 aliphatic rings. The van der Waals surface area contributed by atoms with Gasteiger partial charge in [0.2, 0.25) is 5.78 Å². The van der Waals surface area contributed by atoms with E-state index in [9.17, 15) is 4.79 Å². The second kappa shape index (κ2) is 7.71. The number of hydrogen-bond donors (Lipinski definition) is 0. The molecule has 0 saturated carbocycles. The number of carbonyl (C=O) groups excluding carboxylic acids is 1. The van der Waals surface area contributed by atoms with E-state index in [2.05, 4.69) is 33.9 Å². The lowest BCUT2D eigenvalue weighted by molar-refractivity contribution is 0.0749. The quantitative estimate of drug-likeness (QED) is 0.760. The first-order valence-corrected chi connectivity index (χ1v) is 8.76. The van der Waals surface area contributed by atoms with Crippen LogP contribution in [0.15, 0.2) is 35.1 Å². The molecule has 0 bridgehead atoms. The zero-order valence-corrected chi connectivity index (χ0v) is 14.4. The molecule has 24 heavy (non-hydrogen) atoms. The van der Waals surface area contributed by atoms with E-state index in [4.69, 9.17) is 4.42 Å². The number of piperidine rings is 1. The highest BCUT2D eigenvalue weighted by Gasteiger charge is 2.32. The van der Waals surface area contributed by atoms with Crippen molar-refractivity contribution < 1.29 is 9.21 Å². The van der Waals surface area contributed by atoms with Gasteiger partial charge in [0.1, 0.15) is 6.26 Å². The van der Waals surface area contributed by atoms with Crippen LogP contribution >= 0.6 is 0 Å². The van der Waals surface area contributed by atoms with E-state index in [0.29, 0.717) is 5.92 Å². The van der Waals surface area contributed by atoms with Crippen LogP contribution in [-0.2, 0) is 6.54 Å². The number of rotatable bonds is 6. The van der Waals surface area contributed by atoms with E-state index in [0.717, 1.165) is 50.3 Å². The molecular formula is C19H25N3O2. The predicted octanol–water partition coefficient (Wildman–Crippen LogP) is 3.50. The average Bonchev–Trinajstić information content (AvgIpc) is 3.11. The van der Waals surface area contributed by atoms with Crippen molar-refractivity contribution in [2.75, 3.05) is 13.1 Å². The van der Waals surface area contributed by atoms with Gasteiger partial charge in [0.15, 0.2) is 0 Å². The van der Waals surface area contributed by atoms with Gasteiger partial charge < -0.3 is 4.42 Å². The Morgan fingerprint density at radius 2 is 2.17 bits per heavy atom. The molecule has 0 aliphatic carbocycles. The van der Waals surface area contributed by atoms with Crippen LogP contribution in [0.3, 0.4) is 0 Å². The molecule has 1 fully saturated rings. The Balaban J connectivity index is 1.56. The third-order valence-corrected chi connectivity index (χ3v) is 4.95. The Hall–Kier alpha value is -2.01. The van der Waals surface area contributed by atoms with Crippen molar-refractivity contribution >= 4 is 5.78 Å². The molecule has 2 aromatic heterocycles. The Morgan fingerprint density at radius 3 is 2.79 bits per heavy atom. The Bertz CT molecular complexity index is 661. The fourth-order valence-corrected chi connectivity index (χ4v) is 3.67. The van der Waals surface area contributed by atoms with Crippen molar-refractivity contribution in [3.05, 3.63) is 47.9 Å². The molecule has 1 saturated heterocycles. The first-order valence-electron chi connectivity index (χ1n) is 8.76. The molecule has 2 aromatic rings. The van der Waals surface area contributed by atoms with Gasteiger partial charge in [0.25, 0.3) is 5.89 Å². The van der Waals surface area contributed by atoms with Gasteiger partial charge in [0.05, 0.1) is 11.9 Å². The van der Waals surface area contributed by atoms with Crippen LogP contribution in [0, 0.1) is 18.8 Å². The molecule has 0 radical (unpaired) electrons. The summed E-state index contributed by atoms with van der Waals surface area (Å²) in [6.07, 6.45) is 5.92. The SMILES string of the molecule is CCC(C(=O)c1ncco1)C1CCN(Cc2cccc(C)n2)CC1. The number of pyridine rings is 1. The molecule has 1 aliphatic heterocycles. The lowest BCUT2D eigenvalue weighted by atomic mass is 9.80.